The number of piperidine rings is 2. The van der Waals surface area contributed by atoms with Crippen LogP contribution in [-0.2, 0) is 4.79 Å². The maximum Gasteiger partial charge on any atom is 0.223 e. The zero-order chi connectivity index (χ0) is 13.0. The highest BCUT2D eigenvalue weighted by Crippen LogP contribution is 2.17. The van der Waals surface area contributed by atoms with Crippen LogP contribution in [-0.4, -0.2) is 61.5 Å². The maximum absolute atomic E-state index is 12.2. The number of carbonyl (C=O) groups excluding carboxylic acids is 1. The molecule has 2 saturated heterocycles. The van der Waals surface area contributed by atoms with Gasteiger partial charge in [-0.25, -0.2) is 0 Å². The first kappa shape index (κ1) is 13.8. The van der Waals surface area contributed by atoms with E-state index in [4.69, 9.17) is 0 Å². The molecular formula is C14H27N3O. The summed E-state index contributed by atoms with van der Waals surface area (Å²) in [6, 6.07) is 0.417. The van der Waals surface area contributed by atoms with Crippen LogP contribution in [0.1, 0.15) is 32.6 Å². The Morgan fingerprint density at radius 2 is 1.72 bits per heavy atom. The van der Waals surface area contributed by atoms with E-state index in [1.54, 1.807) is 0 Å². The van der Waals surface area contributed by atoms with Crippen molar-refractivity contribution in [1.82, 2.24) is 15.1 Å². The van der Waals surface area contributed by atoms with Crippen molar-refractivity contribution in [3.05, 3.63) is 0 Å². The van der Waals surface area contributed by atoms with E-state index in [2.05, 4.69) is 29.1 Å². The molecule has 0 radical (unpaired) electrons. The van der Waals surface area contributed by atoms with E-state index in [-0.39, 0.29) is 5.92 Å². The molecule has 0 aromatic heterocycles. The number of carbonyl (C=O) groups is 1. The van der Waals surface area contributed by atoms with Crippen LogP contribution >= 0.6 is 0 Å². The topological polar surface area (TPSA) is 35.6 Å². The second-order valence-electron chi connectivity index (χ2n) is 5.79. The van der Waals surface area contributed by atoms with E-state index in [9.17, 15) is 4.79 Å². The predicted octanol–water partition coefficient (Wildman–Crippen LogP) is 0.929. The first-order chi connectivity index (χ1) is 8.69. The minimum atomic E-state index is 0.255. The molecule has 0 aliphatic carbocycles. The number of rotatable bonds is 3. The lowest BCUT2D eigenvalue weighted by atomic mass is 9.95. The second-order valence-corrected chi connectivity index (χ2v) is 5.79. The van der Waals surface area contributed by atoms with Crippen molar-refractivity contribution in [3.63, 3.8) is 0 Å². The summed E-state index contributed by atoms with van der Waals surface area (Å²) in [7, 11) is 2.13. The third-order valence-corrected chi connectivity index (χ3v) is 4.47. The van der Waals surface area contributed by atoms with Gasteiger partial charge in [-0.2, -0.15) is 0 Å². The second kappa shape index (κ2) is 6.53. The van der Waals surface area contributed by atoms with Crippen molar-refractivity contribution in [2.75, 3.05) is 39.8 Å². The summed E-state index contributed by atoms with van der Waals surface area (Å²) >= 11 is 0. The largest absolute Gasteiger partial charge is 0.353 e. The number of nitrogens with one attached hydrogen (secondary N) is 1. The SMILES string of the molecule is CCN1CCC(NC(=O)C2CCN(C)CC2)CC1. The molecule has 4 heteroatoms. The van der Waals surface area contributed by atoms with Crippen LogP contribution in [0.15, 0.2) is 0 Å². The highest BCUT2D eigenvalue weighted by molar-refractivity contribution is 5.79. The van der Waals surface area contributed by atoms with Crippen LogP contribution in [0.4, 0.5) is 0 Å². The molecular weight excluding hydrogens is 226 g/mol. The molecule has 0 atom stereocenters. The Hall–Kier alpha value is -0.610. The van der Waals surface area contributed by atoms with Crippen molar-refractivity contribution in [1.29, 1.82) is 0 Å². The van der Waals surface area contributed by atoms with Crippen LogP contribution < -0.4 is 5.32 Å². The van der Waals surface area contributed by atoms with Gasteiger partial charge in [0.1, 0.15) is 0 Å². The van der Waals surface area contributed by atoms with Crippen molar-refractivity contribution in [2.24, 2.45) is 5.92 Å². The molecule has 2 fully saturated rings. The fraction of sp³-hybridized carbons (Fsp3) is 0.929. The summed E-state index contributed by atoms with van der Waals surface area (Å²) in [6.07, 6.45) is 4.28. The number of hydrogen-bond acceptors (Lipinski definition) is 3. The van der Waals surface area contributed by atoms with Crippen LogP contribution in [0, 0.1) is 5.92 Å². The molecule has 1 N–H and O–H groups in total. The van der Waals surface area contributed by atoms with Crippen LogP contribution in [0.2, 0.25) is 0 Å². The molecule has 4 nitrogen and oxygen atoms in total. The molecule has 1 amide bonds. The smallest absolute Gasteiger partial charge is 0.223 e. The Bertz CT molecular complexity index is 266. The van der Waals surface area contributed by atoms with E-state index in [0.717, 1.165) is 58.4 Å². The summed E-state index contributed by atoms with van der Waals surface area (Å²) in [5.41, 5.74) is 0. The number of nitrogens with zero attached hydrogens (tertiary/aromatic N) is 2. The van der Waals surface area contributed by atoms with Crippen LogP contribution in [0.3, 0.4) is 0 Å². The molecule has 0 unspecified atom stereocenters. The van der Waals surface area contributed by atoms with Crippen LogP contribution in [0.5, 0.6) is 0 Å². The van der Waals surface area contributed by atoms with Crippen molar-refractivity contribution in [3.8, 4) is 0 Å². The van der Waals surface area contributed by atoms with E-state index >= 15 is 0 Å². The van der Waals surface area contributed by atoms with Crippen molar-refractivity contribution >= 4 is 5.91 Å². The van der Waals surface area contributed by atoms with Crippen LogP contribution in [0.25, 0.3) is 0 Å². The van der Waals surface area contributed by atoms with Gasteiger partial charge in [0.25, 0.3) is 0 Å². The average molecular weight is 253 g/mol. The van der Waals surface area contributed by atoms with Gasteiger partial charge in [0.2, 0.25) is 5.91 Å². The first-order valence-corrected chi connectivity index (χ1v) is 7.40. The Morgan fingerprint density at radius 1 is 1.11 bits per heavy atom. The van der Waals surface area contributed by atoms with Gasteiger partial charge in [-0.15, -0.1) is 0 Å². The van der Waals surface area contributed by atoms with Gasteiger partial charge < -0.3 is 15.1 Å². The van der Waals surface area contributed by atoms with Crippen molar-refractivity contribution in [2.45, 2.75) is 38.6 Å². The zero-order valence-electron chi connectivity index (χ0n) is 11.8. The van der Waals surface area contributed by atoms with Gasteiger partial charge in [-0.3, -0.25) is 4.79 Å². The standard InChI is InChI=1S/C14H27N3O/c1-3-17-10-6-13(7-11-17)15-14(18)12-4-8-16(2)9-5-12/h12-13H,3-11H2,1-2H3,(H,15,18). The van der Waals surface area contributed by atoms with Gasteiger partial charge in [-0.1, -0.05) is 6.92 Å². The summed E-state index contributed by atoms with van der Waals surface area (Å²) in [4.78, 5) is 16.9. The van der Waals surface area contributed by atoms with E-state index < -0.39 is 0 Å². The van der Waals surface area contributed by atoms with Gasteiger partial charge in [-0.05, 0) is 52.4 Å². The molecule has 0 saturated carbocycles. The number of amides is 1. The normalized spacial score (nSPS) is 25.2. The molecule has 0 aromatic carbocycles. The minimum absolute atomic E-state index is 0.255. The highest BCUT2D eigenvalue weighted by Gasteiger charge is 2.26. The molecule has 0 aromatic rings. The summed E-state index contributed by atoms with van der Waals surface area (Å²) in [6.45, 7) is 7.73. The average Bonchev–Trinajstić information content (AvgIpc) is 2.40. The monoisotopic (exact) mass is 253 g/mol. The molecule has 0 spiro atoms. The number of hydrogen-bond donors (Lipinski definition) is 1. The molecule has 2 aliphatic heterocycles. The lowest BCUT2D eigenvalue weighted by Gasteiger charge is -2.33. The lowest BCUT2D eigenvalue weighted by Crippen LogP contribution is -2.47. The lowest BCUT2D eigenvalue weighted by molar-refractivity contribution is -0.127. The Morgan fingerprint density at radius 3 is 2.28 bits per heavy atom. The van der Waals surface area contributed by atoms with Gasteiger partial charge in [0.15, 0.2) is 0 Å². The summed E-state index contributed by atoms with van der Waals surface area (Å²) in [5.74, 6) is 0.559. The maximum atomic E-state index is 12.2. The fourth-order valence-corrected chi connectivity index (χ4v) is 2.98. The van der Waals surface area contributed by atoms with Gasteiger partial charge >= 0.3 is 0 Å². The fourth-order valence-electron chi connectivity index (χ4n) is 2.98. The zero-order valence-corrected chi connectivity index (χ0v) is 11.8. The predicted molar refractivity (Wildman–Crippen MR) is 73.5 cm³/mol. The molecule has 0 bridgehead atoms. The van der Waals surface area contributed by atoms with Gasteiger partial charge in [0, 0.05) is 25.0 Å². The molecule has 2 aliphatic rings. The highest BCUT2D eigenvalue weighted by atomic mass is 16.1. The Balaban J connectivity index is 1.71. The minimum Gasteiger partial charge on any atom is -0.353 e. The van der Waals surface area contributed by atoms with E-state index in [1.807, 2.05) is 0 Å². The molecule has 104 valence electrons. The number of likely N-dealkylation sites (tertiary alicyclic amines) is 2. The van der Waals surface area contributed by atoms with Crippen molar-refractivity contribution < 1.29 is 4.79 Å². The Labute approximate surface area is 111 Å². The summed E-state index contributed by atoms with van der Waals surface area (Å²) in [5, 5.41) is 3.26. The first-order valence-electron chi connectivity index (χ1n) is 7.40. The summed E-state index contributed by atoms with van der Waals surface area (Å²) < 4.78 is 0. The third-order valence-electron chi connectivity index (χ3n) is 4.47. The Kier molecular flexibility index (Phi) is 5.01. The quantitative estimate of drug-likeness (QED) is 0.813. The molecule has 2 heterocycles. The van der Waals surface area contributed by atoms with E-state index in [0.29, 0.717) is 11.9 Å². The third kappa shape index (κ3) is 3.69. The molecule has 2 rings (SSSR count). The van der Waals surface area contributed by atoms with E-state index in [1.165, 1.54) is 0 Å². The van der Waals surface area contributed by atoms with Gasteiger partial charge in [0.05, 0.1) is 0 Å². The molecule has 18 heavy (non-hydrogen) atoms.